The molecule has 9 heteroatoms. The maximum absolute atomic E-state index is 10.2. The van der Waals surface area contributed by atoms with Crippen LogP contribution in [0.15, 0.2) is 12.7 Å². The number of nitrogen functional groups attached to an aromatic ring is 1. The molecule has 2 aromatic heterocycles. The van der Waals surface area contributed by atoms with Gasteiger partial charge in [0.25, 0.3) is 0 Å². The molecule has 108 valence electrons. The van der Waals surface area contributed by atoms with Crippen LogP contribution in [0, 0.1) is 0 Å². The minimum atomic E-state index is -0.688. The zero-order chi connectivity index (χ0) is 14.3. The van der Waals surface area contributed by atoms with E-state index in [2.05, 4.69) is 15.0 Å². The third kappa shape index (κ3) is 1.99. The zero-order valence-corrected chi connectivity index (χ0v) is 12.5. The van der Waals surface area contributed by atoms with Crippen LogP contribution in [0.3, 0.4) is 0 Å². The van der Waals surface area contributed by atoms with Crippen LogP contribution < -0.4 is 5.73 Å². The van der Waals surface area contributed by atoms with Crippen LogP contribution in [0.5, 0.6) is 0 Å². The van der Waals surface area contributed by atoms with Gasteiger partial charge in [0.1, 0.15) is 0 Å². The molecule has 0 radical (unpaired) electrons. The number of imidazole rings is 1. The average molecular weight is 344 g/mol. The van der Waals surface area contributed by atoms with E-state index in [0.717, 1.165) is 0 Å². The first kappa shape index (κ1) is 13.7. The summed E-state index contributed by atoms with van der Waals surface area (Å²) in [6, 6.07) is 0. The number of aliphatic hydroxyl groups is 2. The molecule has 1 fully saturated rings. The van der Waals surface area contributed by atoms with Crippen molar-refractivity contribution < 1.29 is 14.9 Å². The van der Waals surface area contributed by atoms with E-state index in [9.17, 15) is 10.2 Å². The van der Waals surface area contributed by atoms with E-state index in [-0.39, 0.29) is 26.4 Å². The Balaban J connectivity index is 2.04. The fraction of sp³-hybridized carbons (Fsp3) is 0.545. The van der Waals surface area contributed by atoms with Gasteiger partial charge in [-0.05, 0) is 0 Å². The Hall–Kier alpha value is -1.25. The number of hydrogen-bond acceptors (Lipinski definition) is 7. The summed E-state index contributed by atoms with van der Waals surface area (Å²) in [6.07, 6.45) is 1.30. The van der Waals surface area contributed by atoms with Gasteiger partial charge in [0.05, 0.1) is 0 Å². The number of fused-ring (bicyclic) bond motifs is 1. The van der Waals surface area contributed by atoms with Crippen molar-refractivity contribution in [2.45, 2.75) is 29.1 Å². The molecule has 0 saturated carbocycles. The molecule has 0 spiro atoms. The fourth-order valence-corrected chi connectivity index (χ4v) is 4.26. The van der Waals surface area contributed by atoms with E-state index in [1.165, 1.54) is 6.33 Å². The molecule has 1 aliphatic rings. The molecule has 0 aliphatic carbocycles. The first-order valence-corrected chi connectivity index (χ1v) is 8.77. The van der Waals surface area contributed by atoms with Crippen molar-refractivity contribution in [3.63, 3.8) is 0 Å². The molecule has 1 unspecified atom stereocenters. The number of nitrogens with two attached hydrogens (primary N) is 1. The number of aromatic nitrogens is 4. The van der Waals surface area contributed by atoms with E-state index >= 15 is 0 Å². The summed E-state index contributed by atoms with van der Waals surface area (Å²) in [4.78, 5) is 12.2. The number of nitrogens with zero attached hydrogens (tertiary/aromatic N) is 4. The van der Waals surface area contributed by atoms with Crippen LogP contribution in [-0.2, 0) is 4.74 Å². The molecule has 0 amide bonds. The summed E-state index contributed by atoms with van der Waals surface area (Å²) in [5.41, 5.74) is 6.85. The number of aliphatic hydroxyl groups excluding tert-OH is 2. The van der Waals surface area contributed by atoms with Gasteiger partial charge in [0.2, 0.25) is 0 Å². The molecular formula is C11H15N5O3Se. The summed E-state index contributed by atoms with van der Waals surface area (Å²) in [7, 11) is 0. The van der Waals surface area contributed by atoms with Gasteiger partial charge < -0.3 is 0 Å². The number of anilines is 1. The van der Waals surface area contributed by atoms with Crippen LogP contribution >= 0.6 is 0 Å². The quantitative estimate of drug-likeness (QED) is 0.624. The predicted molar refractivity (Wildman–Crippen MR) is 72.1 cm³/mol. The first-order valence-electron chi connectivity index (χ1n) is 6.07. The van der Waals surface area contributed by atoms with E-state index in [1.807, 2.05) is 5.82 Å². The molecule has 0 aromatic carbocycles. The van der Waals surface area contributed by atoms with Gasteiger partial charge in [0, 0.05) is 0 Å². The van der Waals surface area contributed by atoms with Gasteiger partial charge in [-0.15, -0.1) is 0 Å². The van der Waals surface area contributed by atoms with Crippen LogP contribution in [0.1, 0.15) is 6.23 Å². The second kappa shape index (κ2) is 5.27. The fourth-order valence-electron chi connectivity index (χ4n) is 2.40. The molecule has 1 saturated heterocycles. The second-order valence-electron chi connectivity index (χ2n) is 4.52. The molecule has 3 heterocycles. The van der Waals surface area contributed by atoms with Crippen molar-refractivity contribution in [3.8, 4) is 0 Å². The normalized spacial score (nSPS) is 30.1. The van der Waals surface area contributed by atoms with Crippen LogP contribution in [0.25, 0.3) is 11.2 Å². The topological polar surface area (TPSA) is 119 Å². The van der Waals surface area contributed by atoms with E-state index in [4.69, 9.17) is 10.5 Å². The second-order valence-corrected chi connectivity index (χ2v) is 6.65. The molecule has 0 bridgehead atoms. The summed E-state index contributed by atoms with van der Waals surface area (Å²) in [5.74, 6) is 2.34. The van der Waals surface area contributed by atoms with Gasteiger partial charge in [-0.3, -0.25) is 0 Å². The van der Waals surface area contributed by atoms with E-state index < -0.39 is 18.4 Å². The molecule has 8 nitrogen and oxygen atoms in total. The van der Waals surface area contributed by atoms with Crippen molar-refractivity contribution in [3.05, 3.63) is 12.7 Å². The van der Waals surface area contributed by atoms with Gasteiger partial charge in [0.15, 0.2) is 0 Å². The molecule has 4 atom stereocenters. The van der Waals surface area contributed by atoms with Crippen molar-refractivity contribution in [2.24, 2.45) is 0 Å². The molecule has 3 rings (SSSR count). The van der Waals surface area contributed by atoms with Crippen molar-refractivity contribution >= 4 is 31.9 Å². The molecule has 4 N–H and O–H groups in total. The Kier molecular flexibility index (Phi) is 3.61. The Morgan fingerprint density at radius 2 is 2.25 bits per heavy atom. The van der Waals surface area contributed by atoms with Gasteiger partial charge in [-0.25, -0.2) is 0 Å². The predicted octanol–water partition coefficient (Wildman–Crippen LogP) is -0.800. The molecule has 20 heavy (non-hydrogen) atoms. The van der Waals surface area contributed by atoms with Crippen LogP contribution in [-0.4, -0.2) is 63.5 Å². The van der Waals surface area contributed by atoms with E-state index in [0.29, 0.717) is 17.0 Å². The van der Waals surface area contributed by atoms with Crippen LogP contribution in [0.4, 0.5) is 5.82 Å². The van der Waals surface area contributed by atoms with Gasteiger partial charge in [-0.1, -0.05) is 0 Å². The number of rotatable bonds is 3. The maximum atomic E-state index is 10.2. The molecule has 2 aromatic rings. The average Bonchev–Trinajstić information content (AvgIpc) is 3.00. The third-order valence-electron chi connectivity index (χ3n) is 3.43. The van der Waals surface area contributed by atoms with E-state index in [1.54, 1.807) is 10.9 Å². The van der Waals surface area contributed by atoms with Gasteiger partial charge >= 0.3 is 120 Å². The van der Waals surface area contributed by atoms with Crippen molar-refractivity contribution in [2.75, 3.05) is 12.3 Å². The zero-order valence-electron chi connectivity index (χ0n) is 10.7. The minimum absolute atomic E-state index is 0.0757. The Bertz CT molecular complexity index is 621. The standard InChI is InChI=1S/C11H15N5O3Se/c1-20-8-7(18)5(2-17)19-11(8)16-4-15-6-9(12)13-3-14-10(6)16/h3-5,7-8,11,17-18H,2H2,1H3,(H2,12,13,14)/t5-,7+,8?,11-/m1/s1. The van der Waals surface area contributed by atoms with Gasteiger partial charge in [-0.2, -0.15) is 0 Å². The summed E-state index contributed by atoms with van der Waals surface area (Å²) in [5, 5.41) is 19.5. The molecule has 1 aliphatic heterocycles. The summed E-state index contributed by atoms with van der Waals surface area (Å²) >= 11 is 0.142. The van der Waals surface area contributed by atoms with Crippen molar-refractivity contribution in [1.82, 2.24) is 19.5 Å². The monoisotopic (exact) mass is 345 g/mol. The molecular weight excluding hydrogens is 329 g/mol. The number of hydrogen-bond donors (Lipinski definition) is 3. The first-order chi connectivity index (χ1) is 9.67. The number of ether oxygens (including phenoxy) is 1. The Morgan fingerprint density at radius 3 is 2.95 bits per heavy atom. The van der Waals surface area contributed by atoms with Crippen LogP contribution in [0.2, 0.25) is 10.6 Å². The Labute approximate surface area is 121 Å². The summed E-state index contributed by atoms with van der Waals surface area (Å²) < 4.78 is 7.51. The third-order valence-corrected chi connectivity index (χ3v) is 5.64. The summed E-state index contributed by atoms with van der Waals surface area (Å²) in [6.45, 7) is -0.214. The SMILES string of the molecule is C[Se]C1[C@@H](O)[C@@H](CO)O[C@H]1n1cnc2c(N)ncnc21. The van der Waals surface area contributed by atoms with Crippen molar-refractivity contribution in [1.29, 1.82) is 0 Å². The Morgan fingerprint density at radius 1 is 1.45 bits per heavy atom.